The first-order valence-corrected chi connectivity index (χ1v) is 8.91. The number of benzene rings is 1. The number of hydrogen-bond donors (Lipinski definition) is 1. The van der Waals surface area contributed by atoms with Crippen molar-refractivity contribution in [3.8, 4) is 11.3 Å². The van der Waals surface area contributed by atoms with Crippen LogP contribution in [0.3, 0.4) is 0 Å². The predicted molar refractivity (Wildman–Crippen MR) is 95.9 cm³/mol. The summed E-state index contributed by atoms with van der Waals surface area (Å²) in [5.41, 5.74) is 1.03. The maximum atomic E-state index is 12.6. The van der Waals surface area contributed by atoms with E-state index in [1.165, 1.54) is 19.2 Å². The van der Waals surface area contributed by atoms with E-state index in [0.29, 0.717) is 17.7 Å². The van der Waals surface area contributed by atoms with E-state index in [1.54, 1.807) is 31.2 Å². The highest BCUT2D eigenvalue weighted by Crippen LogP contribution is 2.27. The first kappa shape index (κ1) is 18.1. The smallest absolute Gasteiger partial charge is 0.360 e. The molecule has 1 fully saturated rings. The monoisotopic (exact) mass is 357 g/mol. The molecule has 0 spiro atoms. The van der Waals surface area contributed by atoms with Crippen LogP contribution in [-0.2, 0) is 4.74 Å². The molecule has 26 heavy (non-hydrogen) atoms. The van der Waals surface area contributed by atoms with E-state index in [-0.39, 0.29) is 24.0 Å². The van der Waals surface area contributed by atoms with Gasteiger partial charge in [-0.1, -0.05) is 18.2 Å². The Morgan fingerprint density at radius 1 is 1.27 bits per heavy atom. The number of ether oxygens (including phenoxy) is 1. The molecule has 0 bridgehead atoms. The normalized spacial score (nSPS) is 14.3. The van der Waals surface area contributed by atoms with Crippen molar-refractivity contribution in [2.24, 2.45) is 0 Å². The first-order valence-electron chi connectivity index (χ1n) is 8.91. The third kappa shape index (κ3) is 4.11. The minimum absolute atomic E-state index is 0.0733. The number of rotatable bonds is 7. The predicted octanol–water partition coefficient (Wildman–Crippen LogP) is 2.34. The average molecular weight is 357 g/mol. The largest absolute Gasteiger partial charge is 0.461 e. The number of nitrogens with one attached hydrogen (secondary N) is 1. The first-order chi connectivity index (χ1) is 12.7. The Hall–Kier alpha value is -2.67. The Bertz CT molecular complexity index is 766. The summed E-state index contributed by atoms with van der Waals surface area (Å²) < 4.78 is 10.4. The minimum atomic E-state index is -0.569. The number of esters is 1. The molecule has 1 aromatic carbocycles. The van der Waals surface area contributed by atoms with Gasteiger partial charge in [0.2, 0.25) is 0 Å². The second kappa shape index (κ2) is 8.62. The summed E-state index contributed by atoms with van der Waals surface area (Å²) in [4.78, 5) is 31.0. The van der Waals surface area contributed by atoms with Crippen LogP contribution in [0.2, 0.25) is 0 Å². The molecular formula is C19H23N3O4. The van der Waals surface area contributed by atoms with Crippen LogP contribution in [0, 0.1) is 0 Å². The molecule has 2 aromatic rings. The molecule has 1 aromatic heterocycles. The molecule has 7 heteroatoms. The molecular weight excluding hydrogens is 334 g/mol. The number of oxazole rings is 1. The van der Waals surface area contributed by atoms with Crippen molar-refractivity contribution in [1.29, 1.82) is 0 Å². The van der Waals surface area contributed by atoms with Crippen LogP contribution in [0.5, 0.6) is 0 Å². The summed E-state index contributed by atoms with van der Waals surface area (Å²) in [5, 5.41) is 2.94. The van der Waals surface area contributed by atoms with Crippen molar-refractivity contribution in [3.63, 3.8) is 0 Å². The van der Waals surface area contributed by atoms with Crippen molar-refractivity contribution in [2.45, 2.75) is 19.8 Å². The van der Waals surface area contributed by atoms with Crippen LogP contribution < -0.4 is 5.32 Å². The summed E-state index contributed by atoms with van der Waals surface area (Å²) in [7, 11) is 0. The van der Waals surface area contributed by atoms with Gasteiger partial charge in [-0.05, 0) is 38.9 Å². The molecule has 1 aliphatic heterocycles. The van der Waals surface area contributed by atoms with E-state index in [4.69, 9.17) is 9.15 Å². The molecule has 0 saturated carbocycles. The zero-order chi connectivity index (χ0) is 18.4. The van der Waals surface area contributed by atoms with Crippen molar-refractivity contribution >= 4 is 11.9 Å². The number of nitrogens with zero attached hydrogens (tertiary/aromatic N) is 2. The fraction of sp³-hybridized carbons (Fsp3) is 0.421. The van der Waals surface area contributed by atoms with Crippen LogP contribution in [0.4, 0.5) is 0 Å². The molecule has 2 heterocycles. The summed E-state index contributed by atoms with van der Waals surface area (Å²) >= 11 is 0. The number of aromatic nitrogens is 1. The van der Waals surface area contributed by atoms with Crippen LogP contribution >= 0.6 is 0 Å². The van der Waals surface area contributed by atoms with Gasteiger partial charge in [0.25, 0.3) is 5.91 Å². The summed E-state index contributed by atoms with van der Waals surface area (Å²) in [6.07, 6.45) is 3.63. The average Bonchev–Trinajstić information content (AvgIpc) is 3.33. The highest BCUT2D eigenvalue weighted by atomic mass is 16.5. The van der Waals surface area contributed by atoms with Crippen LogP contribution in [0.15, 0.2) is 35.1 Å². The number of hydrogen-bond acceptors (Lipinski definition) is 6. The molecule has 0 aliphatic carbocycles. The van der Waals surface area contributed by atoms with E-state index >= 15 is 0 Å². The van der Waals surface area contributed by atoms with Gasteiger partial charge >= 0.3 is 5.97 Å². The van der Waals surface area contributed by atoms with E-state index in [1.807, 2.05) is 0 Å². The molecule has 0 unspecified atom stereocenters. The lowest BCUT2D eigenvalue weighted by Crippen LogP contribution is -2.33. The van der Waals surface area contributed by atoms with Gasteiger partial charge in [0, 0.05) is 18.7 Å². The second-order valence-electron chi connectivity index (χ2n) is 6.10. The van der Waals surface area contributed by atoms with Crippen LogP contribution in [-0.4, -0.2) is 54.5 Å². The fourth-order valence-corrected chi connectivity index (χ4v) is 3.09. The molecule has 1 aliphatic rings. The highest BCUT2D eigenvalue weighted by molar-refractivity contribution is 6.03. The van der Waals surface area contributed by atoms with Crippen LogP contribution in [0.1, 0.15) is 40.6 Å². The Labute approximate surface area is 152 Å². The zero-order valence-corrected chi connectivity index (χ0v) is 14.9. The fourth-order valence-electron chi connectivity index (χ4n) is 3.09. The topological polar surface area (TPSA) is 84.7 Å². The number of amides is 1. The van der Waals surface area contributed by atoms with Crippen molar-refractivity contribution in [2.75, 3.05) is 32.8 Å². The summed E-state index contributed by atoms with van der Waals surface area (Å²) in [5.74, 6) is -0.528. The van der Waals surface area contributed by atoms with Gasteiger partial charge in [0.1, 0.15) is 0 Å². The lowest BCUT2D eigenvalue weighted by molar-refractivity contribution is 0.0520. The Morgan fingerprint density at radius 3 is 2.81 bits per heavy atom. The Morgan fingerprint density at radius 2 is 2.04 bits per heavy atom. The van der Waals surface area contributed by atoms with Crippen molar-refractivity contribution < 1.29 is 18.7 Å². The molecule has 0 atom stereocenters. The molecule has 3 rings (SSSR count). The Balaban J connectivity index is 1.75. The van der Waals surface area contributed by atoms with Gasteiger partial charge in [-0.15, -0.1) is 0 Å². The van der Waals surface area contributed by atoms with Gasteiger partial charge < -0.3 is 19.4 Å². The lowest BCUT2D eigenvalue weighted by Gasteiger charge is -2.15. The molecule has 7 nitrogen and oxygen atoms in total. The zero-order valence-electron chi connectivity index (χ0n) is 14.9. The molecule has 138 valence electrons. The maximum Gasteiger partial charge on any atom is 0.360 e. The van der Waals surface area contributed by atoms with Gasteiger partial charge in [0.15, 0.2) is 17.8 Å². The van der Waals surface area contributed by atoms with E-state index < -0.39 is 5.97 Å². The van der Waals surface area contributed by atoms with E-state index in [2.05, 4.69) is 15.2 Å². The maximum absolute atomic E-state index is 12.6. The number of likely N-dealkylation sites (tertiary alicyclic amines) is 1. The lowest BCUT2D eigenvalue weighted by atomic mass is 10.0. The third-order valence-electron chi connectivity index (χ3n) is 4.36. The number of carbonyl (C=O) groups is 2. The van der Waals surface area contributed by atoms with E-state index in [9.17, 15) is 9.59 Å². The summed E-state index contributed by atoms with van der Waals surface area (Å²) in [6, 6.07) is 7.00. The molecule has 1 saturated heterocycles. The SMILES string of the molecule is CCOC(=O)c1ncoc1-c1ccccc1C(=O)NCCN1CCCC1. The van der Waals surface area contributed by atoms with Crippen molar-refractivity contribution in [3.05, 3.63) is 41.9 Å². The Kier molecular flexibility index (Phi) is 6.01. The van der Waals surface area contributed by atoms with Gasteiger partial charge in [-0.3, -0.25) is 4.79 Å². The van der Waals surface area contributed by atoms with Crippen molar-refractivity contribution in [1.82, 2.24) is 15.2 Å². The standard InChI is InChI=1S/C19H23N3O4/c1-2-25-19(24)16-17(26-13-21-16)14-7-3-4-8-15(14)18(23)20-9-12-22-10-5-6-11-22/h3-4,7-8,13H,2,5-6,9-12H2,1H3,(H,20,23). The van der Waals surface area contributed by atoms with Crippen LogP contribution in [0.25, 0.3) is 11.3 Å². The molecule has 1 N–H and O–H groups in total. The quantitative estimate of drug-likeness (QED) is 0.766. The second-order valence-corrected chi connectivity index (χ2v) is 6.10. The van der Waals surface area contributed by atoms with Gasteiger partial charge in [-0.2, -0.15) is 0 Å². The minimum Gasteiger partial charge on any atom is -0.461 e. The highest BCUT2D eigenvalue weighted by Gasteiger charge is 2.23. The van der Waals surface area contributed by atoms with Gasteiger partial charge in [-0.25, -0.2) is 9.78 Å². The molecule has 1 amide bonds. The summed E-state index contributed by atoms with van der Waals surface area (Å²) in [6.45, 7) is 5.56. The third-order valence-corrected chi connectivity index (χ3v) is 4.36. The number of carbonyl (C=O) groups excluding carboxylic acids is 2. The molecule has 0 radical (unpaired) electrons. The van der Waals surface area contributed by atoms with E-state index in [0.717, 1.165) is 19.6 Å². The van der Waals surface area contributed by atoms with Gasteiger partial charge in [0.05, 0.1) is 12.2 Å².